The molecule has 5 nitrogen and oxygen atoms in total. The Kier molecular flexibility index (Phi) is 4.01. The van der Waals surface area contributed by atoms with Crippen LogP contribution in [0.1, 0.15) is 23.7 Å². The lowest BCUT2D eigenvalue weighted by atomic mass is 10.2. The highest BCUT2D eigenvalue weighted by Gasteiger charge is 2.17. The average Bonchev–Trinajstić information content (AvgIpc) is 2.75. The van der Waals surface area contributed by atoms with Crippen molar-refractivity contribution in [2.75, 3.05) is 5.32 Å². The van der Waals surface area contributed by atoms with Gasteiger partial charge in [-0.25, -0.2) is 4.98 Å². The van der Waals surface area contributed by atoms with E-state index in [1.165, 1.54) is 12.1 Å². The summed E-state index contributed by atoms with van der Waals surface area (Å²) in [6, 6.07) is 4.32. The molecule has 1 aromatic heterocycles. The zero-order valence-corrected chi connectivity index (χ0v) is 12.0. The van der Waals surface area contributed by atoms with Crippen LogP contribution in [0.5, 0.6) is 0 Å². The summed E-state index contributed by atoms with van der Waals surface area (Å²) in [5, 5.41) is 17.4. The first-order chi connectivity index (χ1) is 8.97. The normalized spacial score (nSPS) is 12.2. The molecule has 0 aliphatic carbocycles. The summed E-state index contributed by atoms with van der Waals surface area (Å²) in [6.45, 7) is 3.82. The predicted molar refractivity (Wildman–Crippen MR) is 77.0 cm³/mol. The van der Waals surface area contributed by atoms with E-state index in [1.807, 2.05) is 19.2 Å². The molecule has 1 unspecified atom stereocenters. The van der Waals surface area contributed by atoms with Crippen LogP contribution in [0.3, 0.4) is 0 Å². The Morgan fingerprint density at radius 2 is 2.26 bits per heavy atom. The Hall–Kier alpha value is -1.66. The van der Waals surface area contributed by atoms with Crippen LogP contribution < -0.4 is 5.32 Å². The summed E-state index contributed by atoms with van der Waals surface area (Å²) in [6.07, 6.45) is 0. The molecule has 0 radical (unpaired) electrons. The van der Waals surface area contributed by atoms with Crippen molar-refractivity contribution < 1.29 is 4.92 Å². The average molecular weight is 298 g/mol. The molecule has 0 aliphatic rings. The molecule has 2 aromatic rings. The zero-order valence-electron chi connectivity index (χ0n) is 10.4. The number of nitrogens with one attached hydrogen (secondary N) is 1. The quantitative estimate of drug-likeness (QED) is 0.679. The Morgan fingerprint density at radius 1 is 1.53 bits per heavy atom. The number of nitro groups is 1. The predicted octanol–water partition coefficient (Wildman–Crippen LogP) is 4.19. The third kappa shape index (κ3) is 3.21. The topological polar surface area (TPSA) is 68.1 Å². The number of nitro benzene ring substituents is 1. The van der Waals surface area contributed by atoms with Crippen LogP contribution in [-0.2, 0) is 0 Å². The molecule has 1 aromatic carbocycles. The van der Waals surface area contributed by atoms with Crippen molar-refractivity contribution in [1.29, 1.82) is 0 Å². The zero-order chi connectivity index (χ0) is 14.0. The second-order valence-electron chi connectivity index (χ2n) is 4.08. The highest BCUT2D eigenvalue weighted by atomic mass is 35.5. The van der Waals surface area contributed by atoms with Crippen molar-refractivity contribution >= 4 is 34.3 Å². The fraction of sp³-hybridized carbons (Fsp3) is 0.250. The van der Waals surface area contributed by atoms with Crippen molar-refractivity contribution in [3.8, 4) is 0 Å². The van der Waals surface area contributed by atoms with E-state index < -0.39 is 4.92 Å². The second kappa shape index (κ2) is 5.54. The molecule has 0 amide bonds. The summed E-state index contributed by atoms with van der Waals surface area (Å²) in [7, 11) is 0. The molecule has 1 atom stereocenters. The van der Waals surface area contributed by atoms with E-state index >= 15 is 0 Å². The number of halogens is 1. The van der Waals surface area contributed by atoms with Crippen molar-refractivity contribution in [3.63, 3.8) is 0 Å². The highest BCUT2D eigenvalue weighted by Crippen LogP contribution is 2.30. The van der Waals surface area contributed by atoms with Crippen LogP contribution in [0.2, 0.25) is 5.02 Å². The first-order valence-electron chi connectivity index (χ1n) is 5.60. The van der Waals surface area contributed by atoms with Crippen molar-refractivity contribution in [1.82, 2.24) is 4.98 Å². The lowest BCUT2D eigenvalue weighted by Crippen LogP contribution is -2.08. The van der Waals surface area contributed by atoms with Crippen molar-refractivity contribution in [2.45, 2.75) is 19.9 Å². The standard InChI is InChI=1S/C12H12ClN3O2S/c1-7(11-6-19-8(2)15-11)14-10-5-9(13)3-4-12(10)16(17)18/h3-7,14H,1-2H3. The molecule has 100 valence electrons. The van der Waals surface area contributed by atoms with Gasteiger partial charge >= 0.3 is 0 Å². The van der Waals surface area contributed by atoms with Gasteiger partial charge in [0.25, 0.3) is 5.69 Å². The number of nitrogens with zero attached hydrogens (tertiary/aromatic N) is 2. The van der Waals surface area contributed by atoms with Gasteiger partial charge in [0.1, 0.15) is 5.69 Å². The van der Waals surface area contributed by atoms with Crippen LogP contribution in [0, 0.1) is 17.0 Å². The first kappa shape index (κ1) is 13.8. The number of thiazole rings is 1. The summed E-state index contributed by atoms with van der Waals surface area (Å²) in [4.78, 5) is 14.9. The molecule has 0 spiro atoms. The smallest absolute Gasteiger partial charge is 0.292 e. The van der Waals surface area contributed by atoms with Gasteiger partial charge in [-0.2, -0.15) is 0 Å². The molecule has 0 fully saturated rings. The van der Waals surface area contributed by atoms with E-state index in [-0.39, 0.29) is 11.7 Å². The number of hydrogen-bond acceptors (Lipinski definition) is 5. The van der Waals surface area contributed by atoms with Gasteiger partial charge in [-0.3, -0.25) is 10.1 Å². The molecule has 0 saturated carbocycles. The van der Waals surface area contributed by atoms with Gasteiger partial charge in [-0.15, -0.1) is 11.3 Å². The minimum Gasteiger partial charge on any atom is -0.371 e. The maximum atomic E-state index is 11.0. The van der Waals surface area contributed by atoms with Gasteiger partial charge < -0.3 is 5.32 Å². The van der Waals surface area contributed by atoms with E-state index in [9.17, 15) is 10.1 Å². The van der Waals surface area contributed by atoms with Crippen LogP contribution >= 0.6 is 22.9 Å². The Morgan fingerprint density at radius 3 is 2.84 bits per heavy atom. The van der Waals surface area contributed by atoms with Gasteiger partial charge in [0.2, 0.25) is 0 Å². The van der Waals surface area contributed by atoms with Crippen LogP contribution in [0.15, 0.2) is 23.6 Å². The fourth-order valence-corrected chi connectivity index (χ4v) is 2.55. The fourth-order valence-electron chi connectivity index (χ4n) is 1.67. The summed E-state index contributed by atoms with van der Waals surface area (Å²) in [5.41, 5.74) is 1.26. The molecule has 19 heavy (non-hydrogen) atoms. The van der Waals surface area contributed by atoms with Gasteiger partial charge in [-0.05, 0) is 26.0 Å². The number of aryl methyl sites for hydroxylation is 1. The number of aromatic nitrogens is 1. The highest BCUT2D eigenvalue weighted by molar-refractivity contribution is 7.09. The molecule has 2 rings (SSSR count). The number of benzene rings is 1. The minimum atomic E-state index is -0.433. The number of anilines is 1. The van der Waals surface area contributed by atoms with E-state index in [0.29, 0.717) is 10.7 Å². The largest absolute Gasteiger partial charge is 0.371 e. The molecule has 0 aliphatic heterocycles. The molecule has 0 bridgehead atoms. The Bertz CT molecular complexity index is 615. The van der Waals surface area contributed by atoms with Crippen LogP contribution in [-0.4, -0.2) is 9.91 Å². The molecule has 7 heteroatoms. The maximum Gasteiger partial charge on any atom is 0.292 e. The molecule has 1 N–H and O–H groups in total. The molecular formula is C12H12ClN3O2S. The van der Waals surface area contributed by atoms with Gasteiger partial charge in [0.15, 0.2) is 0 Å². The van der Waals surface area contributed by atoms with Crippen molar-refractivity contribution in [3.05, 3.63) is 49.4 Å². The molecule has 1 heterocycles. The molecule has 0 saturated heterocycles. The van der Waals surface area contributed by atoms with Gasteiger partial charge in [-0.1, -0.05) is 11.6 Å². The maximum absolute atomic E-state index is 11.0. The lowest BCUT2D eigenvalue weighted by Gasteiger charge is -2.13. The SMILES string of the molecule is Cc1nc(C(C)Nc2cc(Cl)ccc2[N+](=O)[O-])cs1. The summed E-state index contributed by atoms with van der Waals surface area (Å²) >= 11 is 7.42. The van der Waals surface area contributed by atoms with Crippen LogP contribution in [0.25, 0.3) is 0 Å². The molecular weight excluding hydrogens is 286 g/mol. The number of hydrogen-bond donors (Lipinski definition) is 1. The van der Waals surface area contributed by atoms with E-state index in [2.05, 4.69) is 10.3 Å². The Balaban J connectivity index is 2.27. The summed E-state index contributed by atoms with van der Waals surface area (Å²) in [5.74, 6) is 0. The van der Waals surface area contributed by atoms with Gasteiger partial charge in [0, 0.05) is 16.5 Å². The third-order valence-corrected chi connectivity index (χ3v) is 3.63. The Labute approximate surface area is 119 Å². The van der Waals surface area contributed by atoms with E-state index in [4.69, 9.17) is 11.6 Å². The van der Waals surface area contributed by atoms with E-state index in [0.717, 1.165) is 10.7 Å². The number of rotatable bonds is 4. The lowest BCUT2D eigenvalue weighted by molar-refractivity contribution is -0.384. The monoisotopic (exact) mass is 297 g/mol. The van der Waals surface area contributed by atoms with Gasteiger partial charge in [0.05, 0.1) is 21.7 Å². The van der Waals surface area contributed by atoms with Crippen molar-refractivity contribution in [2.24, 2.45) is 0 Å². The minimum absolute atomic E-state index is 0.00296. The van der Waals surface area contributed by atoms with Crippen LogP contribution in [0.4, 0.5) is 11.4 Å². The third-order valence-electron chi connectivity index (χ3n) is 2.61. The first-order valence-corrected chi connectivity index (χ1v) is 6.85. The summed E-state index contributed by atoms with van der Waals surface area (Å²) < 4.78 is 0. The van der Waals surface area contributed by atoms with E-state index in [1.54, 1.807) is 17.4 Å². The second-order valence-corrected chi connectivity index (χ2v) is 5.57.